The number of rotatable bonds is 7. The lowest BCUT2D eigenvalue weighted by Crippen LogP contribution is -1.99. The second-order valence-corrected chi connectivity index (χ2v) is 7.68. The highest BCUT2D eigenvalue weighted by molar-refractivity contribution is 5.93. The first-order chi connectivity index (χ1) is 12.5. The van der Waals surface area contributed by atoms with Crippen molar-refractivity contribution in [2.24, 2.45) is 5.73 Å². The van der Waals surface area contributed by atoms with Crippen molar-refractivity contribution in [1.82, 2.24) is 4.98 Å². The number of nitrogens with one attached hydrogen (secondary N) is 1. The van der Waals surface area contributed by atoms with Crippen LogP contribution in [-0.4, -0.2) is 11.5 Å². The van der Waals surface area contributed by atoms with Crippen molar-refractivity contribution in [3.63, 3.8) is 0 Å². The number of fused-ring (bicyclic) bond motifs is 1. The second kappa shape index (κ2) is 8.09. The summed E-state index contributed by atoms with van der Waals surface area (Å²) < 4.78 is 0. The zero-order valence-electron chi connectivity index (χ0n) is 16.7. The lowest BCUT2D eigenvalue weighted by atomic mass is 9.94. The van der Waals surface area contributed by atoms with E-state index in [1.54, 1.807) is 0 Å². The van der Waals surface area contributed by atoms with Crippen molar-refractivity contribution in [3.8, 4) is 11.3 Å². The molecule has 2 heteroatoms. The van der Waals surface area contributed by atoms with E-state index in [-0.39, 0.29) is 0 Å². The molecule has 138 valence electrons. The molecule has 0 amide bonds. The van der Waals surface area contributed by atoms with E-state index in [0.29, 0.717) is 5.92 Å². The van der Waals surface area contributed by atoms with Gasteiger partial charge in [-0.15, -0.1) is 0 Å². The predicted octanol–water partition coefficient (Wildman–Crippen LogP) is 6.25. The van der Waals surface area contributed by atoms with Gasteiger partial charge < -0.3 is 10.7 Å². The Morgan fingerprint density at radius 3 is 2.42 bits per heavy atom. The van der Waals surface area contributed by atoms with Gasteiger partial charge in [0.25, 0.3) is 0 Å². The molecule has 0 saturated carbocycles. The van der Waals surface area contributed by atoms with Crippen molar-refractivity contribution in [2.75, 3.05) is 6.54 Å². The third-order valence-corrected chi connectivity index (χ3v) is 5.51. The first-order valence-corrected chi connectivity index (χ1v) is 9.97. The number of unbranched alkanes of at least 4 members (excludes halogenated alkanes) is 1. The molecule has 26 heavy (non-hydrogen) atoms. The number of aromatic amines is 1. The standard InChI is InChI=1S/C24H32N2/c1-5-18(4)20-10-8-11-22-21(9-6-7-12-25)23(26-24(20)22)19-14-16(2)13-17(3)15-19/h8,10-11,13-15,18,26H,5-7,9,12,25H2,1-4H3. The summed E-state index contributed by atoms with van der Waals surface area (Å²) in [6, 6.07) is 13.6. The van der Waals surface area contributed by atoms with Gasteiger partial charge in [-0.1, -0.05) is 49.2 Å². The van der Waals surface area contributed by atoms with Crippen LogP contribution in [0.5, 0.6) is 0 Å². The topological polar surface area (TPSA) is 41.8 Å². The van der Waals surface area contributed by atoms with E-state index >= 15 is 0 Å². The second-order valence-electron chi connectivity index (χ2n) is 7.68. The number of hydrogen-bond acceptors (Lipinski definition) is 1. The molecule has 1 atom stereocenters. The third-order valence-electron chi connectivity index (χ3n) is 5.51. The summed E-state index contributed by atoms with van der Waals surface area (Å²) in [5.41, 5.74) is 15.2. The maximum atomic E-state index is 5.74. The maximum Gasteiger partial charge on any atom is 0.0497 e. The number of nitrogens with two attached hydrogens (primary N) is 1. The van der Waals surface area contributed by atoms with Gasteiger partial charge in [-0.2, -0.15) is 0 Å². The molecule has 0 spiro atoms. The van der Waals surface area contributed by atoms with E-state index in [0.717, 1.165) is 32.2 Å². The molecule has 0 radical (unpaired) electrons. The first kappa shape index (κ1) is 18.7. The van der Waals surface area contributed by atoms with Crippen molar-refractivity contribution in [2.45, 2.75) is 59.3 Å². The van der Waals surface area contributed by atoms with E-state index in [1.807, 2.05) is 0 Å². The normalized spacial score (nSPS) is 12.7. The molecule has 3 aromatic rings. The molecule has 3 N–H and O–H groups in total. The molecule has 1 heterocycles. The average Bonchev–Trinajstić information content (AvgIpc) is 2.99. The summed E-state index contributed by atoms with van der Waals surface area (Å²) in [5, 5.41) is 1.38. The van der Waals surface area contributed by atoms with Crippen LogP contribution in [0.3, 0.4) is 0 Å². The molecule has 0 fully saturated rings. The summed E-state index contributed by atoms with van der Waals surface area (Å²) in [7, 11) is 0. The fourth-order valence-corrected chi connectivity index (χ4v) is 4.00. The zero-order valence-corrected chi connectivity index (χ0v) is 16.7. The number of aryl methyl sites for hydroxylation is 3. The Kier molecular flexibility index (Phi) is 5.83. The molecule has 1 unspecified atom stereocenters. The fourth-order valence-electron chi connectivity index (χ4n) is 4.00. The smallest absolute Gasteiger partial charge is 0.0497 e. The van der Waals surface area contributed by atoms with Crippen LogP contribution in [0.15, 0.2) is 36.4 Å². The highest BCUT2D eigenvalue weighted by atomic mass is 14.7. The van der Waals surface area contributed by atoms with Gasteiger partial charge in [0.1, 0.15) is 0 Å². The molecule has 2 aromatic carbocycles. The zero-order chi connectivity index (χ0) is 18.7. The molecular formula is C24H32N2. The van der Waals surface area contributed by atoms with Crippen LogP contribution in [-0.2, 0) is 6.42 Å². The summed E-state index contributed by atoms with van der Waals surface area (Å²) in [5.74, 6) is 0.557. The highest BCUT2D eigenvalue weighted by Gasteiger charge is 2.17. The number of aromatic nitrogens is 1. The lowest BCUT2D eigenvalue weighted by Gasteiger charge is -2.10. The largest absolute Gasteiger partial charge is 0.354 e. The minimum absolute atomic E-state index is 0.557. The molecule has 2 nitrogen and oxygen atoms in total. The minimum Gasteiger partial charge on any atom is -0.354 e. The minimum atomic E-state index is 0.557. The summed E-state index contributed by atoms with van der Waals surface area (Å²) in [4.78, 5) is 3.81. The first-order valence-electron chi connectivity index (χ1n) is 9.97. The Hall–Kier alpha value is -2.06. The maximum absolute atomic E-state index is 5.74. The summed E-state index contributed by atoms with van der Waals surface area (Å²) in [6.07, 6.45) is 4.43. The summed E-state index contributed by atoms with van der Waals surface area (Å²) in [6.45, 7) is 9.70. The number of benzene rings is 2. The van der Waals surface area contributed by atoms with Crippen LogP contribution in [0.1, 0.15) is 61.3 Å². The molecule has 3 rings (SSSR count). The Morgan fingerprint density at radius 1 is 1.04 bits per heavy atom. The van der Waals surface area contributed by atoms with E-state index in [1.165, 1.54) is 44.4 Å². The summed E-state index contributed by atoms with van der Waals surface area (Å²) >= 11 is 0. The Bertz CT molecular complexity index is 868. The lowest BCUT2D eigenvalue weighted by molar-refractivity contribution is 0.738. The van der Waals surface area contributed by atoms with Crippen LogP contribution in [0.2, 0.25) is 0 Å². The Morgan fingerprint density at radius 2 is 1.77 bits per heavy atom. The van der Waals surface area contributed by atoms with Crippen LogP contribution in [0, 0.1) is 13.8 Å². The van der Waals surface area contributed by atoms with Gasteiger partial charge in [-0.25, -0.2) is 0 Å². The average molecular weight is 349 g/mol. The number of H-pyrrole nitrogens is 1. The van der Waals surface area contributed by atoms with E-state index in [4.69, 9.17) is 5.73 Å². The van der Waals surface area contributed by atoms with Crippen LogP contribution < -0.4 is 5.73 Å². The predicted molar refractivity (Wildman–Crippen MR) is 114 cm³/mol. The van der Waals surface area contributed by atoms with Crippen LogP contribution in [0.25, 0.3) is 22.2 Å². The van der Waals surface area contributed by atoms with Crippen LogP contribution >= 0.6 is 0 Å². The molecule has 1 aromatic heterocycles. The van der Waals surface area contributed by atoms with Gasteiger partial charge in [0, 0.05) is 16.6 Å². The van der Waals surface area contributed by atoms with Gasteiger partial charge in [-0.3, -0.25) is 0 Å². The molecule has 0 aliphatic rings. The van der Waals surface area contributed by atoms with E-state index < -0.39 is 0 Å². The van der Waals surface area contributed by atoms with Gasteiger partial charge in [-0.05, 0) is 80.8 Å². The molecule has 0 aliphatic carbocycles. The van der Waals surface area contributed by atoms with E-state index in [2.05, 4.69) is 69.1 Å². The number of hydrogen-bond donors (Lipinski definition) is 2. The van der Waals surface area contributed by atoms with E-state index in [9.17, 15) is 0 Å². The van der Waals surface area contributed by atoms with Gasteiger partial charge in [0.15, 0.2) is 0 Å². The van der Waals surface area contributed by atoms with Crippen LogP contribution in [0.4, 0.5) is 0 Å². The SMILES string of the molecule is CCC(C)c1cccc2c(CCCCN)c(-c3cc(C)cc(C)c3)[nH]c12. The van der Waals surface area contributed by atoms with Gasteiger partial charge >= 0.3 is 0 Å². The third kappa shape index (κ3) is 3.71. The monoisotopic (exact) mass is 348 g/mol. The Labute approximate surface area is 157 Å². The Balaban J connectivity index is 2.20. The molecule has 0 saturated heterocycles. The van der Waals surface area contributed by atoms with Crippen molar-refractivity contribution in [1.29, 1.82) is 0 Å². The number of para-hydroxylation sites is 1. The molecular weight excluding hydrogens is 316 g/mol. The highest BCUT2D eigenvalue weighted by Crippen LogP contribution is 2.36. The van der Waals surface area contributed by atoms with Crippen molar-refractivity contribution in [3.05, 3.63) is 58.7 Å². The van der Waals surface area contributed by atoms with Crippen molar-refractivity contribution < 1.29 is 0 Å². The fraction of sp³-hybridized carbons (Fsp3) is 0.417. The molecule has 0 aliphatic heterocycles. The quantitative estimate of drug-likeness (QED) is 0.487. The van der Waals surface area contributed by atoms with Gasteiger partial charge in [0.2, 0.25) is 0 Å². The molecule has 0 bridgehead atoms. The van der Waals surface area contributed by atoms with Crippen molar-refractivity contribution >= 4 is 10.9 Å². The van der Waals surface area contributed by atoms with Gasteiger partial charge in [0.05, 0.1) is 0 Å².